The largest absolute Gasteiger partial charge is 0.118 e. The molecule has 2 heteroatoms. The van der Waals surface area contributed by atoms with E-state index in [0.717, 1.165) is 4.20 Å². The van der Waals surface area contributed by atoms with E-state index < -0.39 is 0 Å². The molecule has 60 valence electrons. The first-order valence-electron chi connectivity index (χ1n) is 3.68. The maximum absolute atomic E-state index is 5.09. The maximum atomic E-state index is 5.09. The summed E-state index contributed by atoms with van der Waals surface area (Å²) in [7, 11) is 0. The minimum absolute atomic E-state index is 0.992. The number of rotatable bonds is 1. The van der Waals surface area contributed by atoms with E-state index in [1.165, 1.54) is 24.0 Å². The van der Waals surface area contributed by atoms with Gasteiger partial charge in [-0.1, -0.05) is 23.9 Å². The van der Waals surface area contributed by atoms with E-state index in [4.69, 9.17) is 12.2 Å². The molecule has 0 radical (unpaired) electrons. The van der Waals surface area contributed by atoms with Gasteiger partial charge in [0.1, 0.15) is 0 Å². The summed E-state index contributed by atoms with van der Waals surface area (Å²) in [6.07, 6.45) is 8.75. The lowest BCUT2D eigenvalue weighted by atomic mass is 10.2. The molecule has 0 nitrogen and oxygen atoms in total. The zero-order valence-electron chi connectivity index (χ0n) is 6.89. The fourth-order valence-corrected chi connectivity index (χ4v) is 1.55. The molecule has 0 bridgehead atoms. The van der Waals surface area contributed by atoms with E-state index in [1.807, 2.05) is 6.26 Å². The number of allylic oxidation sites excluding steroid dienone is 3. The summed E-state index contributed by atoms with van der Waals surface area (Å²) in [6.45, 7) is 2.17. The van der Waals surface area contributed by atoms with Crippen LogP contribution in [0.2, 0.25) is 0 Å². The highest BCUT2D eigenvalue weighted by Gasteiger charge is 2.04. The number of hydrogen-bond donors (Lipinski definition) is 0. The molecule has 1 aliphatic rings. The van der Waals surface area contributed by atoms with Crippen molar-refractivity contribution in [1.29, 1.82) is 0 Å². The zero-order valence-corrected chi connectivity index (χ0v) is 8.52. The Morgan fingerprint density at radius 2 is 2.36 bits per heavy atom. The monoisotopic (exact) mass is 184 g/mol. The molecule has 1 aliphatic carbocycles. The van der Waals surface area contributed by atoms with E-state index in [0.29, 0.717) is 0 Å². The Morgan fingerprint density at radius 3 is 2.82 bits per heavy atom. The average molecular weight is 184 g/mol. The minimum atomic E-state index is 0.992. The van der Waals surface area contributed by atoms with Crippen LogP contribution in [0.4, 0.5) is 0 Å². The molecule has 0 fully saturated rings. The van der Waals surface area contributed by atoms with Crippen molar-refractivity contribution in [1.82, 2.24) is 0 Å². The Balaban J connectivity index is 2.62. The quantitative estimate of drug-likeness (QED) is 0.453. The van der Waals surface area contributed by atoms with Crippen LogP contribution in [0.3, 0.4) is 0 Å². The van der Waals surface area contributed by atoms with Gasteiger partial charge in [-0.15, -0.1) is 11.8 Å². The highest BCUT2D eigenvalue weighted by molar-refractivity contribution is 8.23. The van der Waals surface area contributed by atoms with Crippen LogP contribution in [-0.2, 0) is 0 Å². The van der Waals surface area contributed by atoms with E-state index in [2.05, 4.69) is 19.1 Å². The Morgan fingerprint density at radius 1 is 1.64 bits per heavy atom. The minimum Gasteiger partial charge on any atom is -0.118 e. The number of thiocarbonyl (C=S) groups is 1. The van der Waals surface area contributed by atoms with Crippen LogP contribution >= 0.6 is 24.0 Å². The molecule has 0 amide bonds. The molecular formula is C9H12S2. The van der Waals surface area contributed by atoms with Gasteiger partial charge in [-0.05, 0) is 37.7 Å². The lowest BCUT2D eigenvalue weighted by molar-refractivity contribution is 1.01. The molecule has 11 heavy (non-hydrogen) atoms. The summed E-state index contributed by atoms with van der Waals surface area (Å²) in [6, 6.07) is 0. The third-order valence-corrected chi connectivity index (χ3v) is 2.88. The molecular weight excluding hydrogens is 172 g/mol. The second-order valence-corrected chi connectivity index (χ2v) is 4.28. The van der Waals surface area contributed by atoms with Crippen LogP contribution in [-0.4, -0.2) is 10.5 Å². The van der Waals surface area contributed by atoms with Gasteiger partial charge in [0.25, 0.3) is 0 Å². The van der Waals surface area contributed by atoms with E-state index in [-0.39, 0.29) is 0 Å². The molecule has 0 heterocycles. The van der Waals surface area contributed by atoms with Crippen molar-refractivity contribution in [3.8, 4) is 0 Å². The van der Waals surface area contributed by atoms with Crippen LogP contribution in [0.5, 0.6) is 0 Å². The van der Waals surface area contributed by atoms with Crippen molar-refractivity contribution in [2.75, 3.05) is 6.26 Å². The van der Waals surface area contributed by atoms with E-state index >= 15 is 0 Å². The summed E-state index contributed by atoms with van der Waals surface area (Å²) < 4.78 is 0.992. The topological polar surface area (TPSA) is 0 Å². The first-order valence-corrected chi connectivity index (χ1v) is 5.31. The second-order valence-electron chi connectivity index (χ2n) is 2.73. The number of thioether (sulfide) groups is 1. The molecule has 0 N–H and O–H groups in total. The van der Waals surface area contributed by atoms with Gasteiger partial charge in [-0.3, -0.25) is 0 Å². The molecule has 0 saturated carbocycles. The van der Waals surface area contributed by atoms with Crippen LogP contribution < -0.4 is 0 Å². The summed E-state index contributed by atoms with van der Waals surface area (Å²) in [5.74, 6) is 0. The zero-order chi connectivity index (χ0) is 8.27. The van der Waals surface area contributed by atoms with Gasteiger partial charge in [0.2, 0.25) is 0 Å². The lowest BCUT2D eigenvalue weighted by Gasteiger charge is -1.92. The predicted molar refractivity (Wildman–Crippen MR) is 57.2 cm³/mol. The normalized spacial score (nSPS) is 20.5. The van der Waals surface area contributed by atoms with E-state index in [1.54, 1.807) is 11.8 Å². The summed E-state index contributed by atoms with van der Waals surface area (Å²) in [5.41, 5.74) is 2.86. The molecule has 0 unspecified atom stereocenters. The fourth-order valence-electron chi connectivity index (χ4n) is 1.13. The van der Waals surface area contributed by atoms with Crippen molar-refractivity contribution in [3.05, 3.63) is 23.3 Å². The smallest absolute Gasteiger partial charge is 0.0705 e. The second kappa shape index (κ2) is 4.07. The van der Waals surface area contributed by atoms with Gasteiger partial charge < -0.3 is 0 Å². The average Bonchev–Trinajstić information content (AvgIpc) is 2.35. The van der Waals surface area contributed by atoms with Crippen molar-refractivity contribution in [3.63, 3.8) is 0 Å². The van der Waals surface area contributed by atoms with Crippen molar-refractivity contribution in [2.24, 2.45) is 0 Å². The van der Waals surface area contributed by atoms with Gasteiger partial charge in [0, 0.05) is 0 Å². The Bertz CT molecular complexity index is 224. The van der Waals surface area contributed by atoms with Crippen LogP contribution in [0.1, 0.15) is 19.8 Å². The van der Waals surface area contributed by atoms with Crippen molar-refractivity contribution < 1.29 is 0 Å². The summed E-state index contributed by atoms with van der Waals surface area (Å²) in [5, 5.41) is 0. The molecule has 0 aromatic heterocycles. The first kappa shape index (κ1) is 9.01. The van der Waals surface area contributed by atoms with Gasteiger partial charge in [0.15, 0.2) is 0 Å². The Hall–Kier alpha value is -0.0800. The third kappa shape index (κ3) is 2.80. The van der Waals surface area contributed by atoms with Crippen LogP contribution in [0.15, 0.2) is 23.3 Å². The lowest BCUT2D eigenvalue weighted by Crippen LogP contribution is -1.80. The highest BCUT2D eigenvalue weighted by atomic mass is 32.2. The molecule has 0 aliphatic heterocycles. The highest BCUT2D eigenvalue weighted by Crippen LogP contribution is 2.23. The Labute approximate surface area is 77.8 Å². The summed E-state index contributed by atoms with van der Waals surface area (Å²) >= 11 is 6.73. The van der Waals surface area contributed by atoms with Gasteiger partial charge >= 0.3 is 0 Å². The summed E-state index contributed by atoms with van der Waals surface area (Å²) in [4.78, 5) is 0. The predicted octanol–water partition coefficient (Wildman–Crippen LogP) is 3.34. The van der Waals surface area contributed by atoms with Gasteiger partial charge in [0.05, 0.1) is 4.20 Å². The standard InChI is InChI=1S/C9H12S2/c1-7-3-4-8(5-7)6-9(10)11-2/h5-6H,3-4H2,1-2H3/b8-6+. The molecule has 0 atom stereocenters. The Kier molecular flexibility index (Phi) is 3.34. The molecule has 0 spiro atoms. The van der Waals surface area contributed by atoms with Crippen LogP contribution in [0, 0.1) is 0 Å². The van der Waals surface area contributed by atoms with Gasteiger partial charge in [-0.2, -0.15) is 0 Å². The molecule has 0 saturated heterocycles. The molecule has 1 rings (SSSR count). The third-order valence-electron chi connectivity index (χ3n) is 1.74. The SMILES string of the molecule is CSC(=S)/C=C1/C=C(C)CC1. The van der Waals surface area contributed by atoms with E-state index in [9.17, 15) is 0 Å². The number of hydrogen-bond acceptors (Lipinski definition) is 2. The maximum Gasteiger partial charge on any atom is 0.0705 e. The first-order chi connectivity index (χ1) is 5.22. The molecule has 0 aromatic rings. The van der Waals surface area contributed by atoms with Crippen molar-refractivity contribution in [2.45, 2.75) is 19.8 Å². The van der Waals surface area contributed by atoms with Gasteiger partial charge in [-0.25, -0.2) is 0 Å². The fraction of sp³-hybridized carbons (Fsp3) is 0.444. The van der Waals surface area contributed by atoms with Crippen molar-refractivity contribution >= 4 is 28.2 Å². The van der Waals surface area contributed by atoms with Crippen LogP contribution in [0.25, 0.3) is 0 Å². The molecule has 0 aromatic carbocycles.